The van der Waals surface area contributed by atoms with E-state index in [4.69, 9.17) is 18.9 Å². The highest BCUT2D eigenvalue weighted by Crippen LogP contribution is 2.29. The monoisotopic (exact) mass is 509 g/mol. The quantitative estimate of drug-likeness (QED) is 0.371. The summed E-state index contributed by atoms with van der Waals surface area (Å²) in [5.74, 6) is 3.27. The molecule has 2 aromatic carbocycles. The van der Waals surface area contributed by atoms with Gasteiger partial charge in [0.2, 0.25) is 0 Å². The molecule has 0 radical (unpaired) electrons. The van der Waals surface area contributed by atoms with E-state index in [1.807, 2.05) is 55.7 Å². The molecule has 2 heterocycles. The first-order valence-electron chi connectivity index (χ1n) is 13.0. The predicted molar refractivity (Wildman–Crippen MR) is 142 cm³/mol. The Balaban J connectivity index is 1.31. The van der Waals surface area contributed by atoms with Crippen molar-refractivity contribution in [3.8, 4) is 17.2 Å². The van der Waals surface area contributed by atoms with E-state index in [-0.39, 0.29) is 13.2 Å². The molecule has 1 aromatic heterocycles. The first-order valence-corrected chi connectivity index (χ1v) is 13.0. The topological polar surface area (TPSA) is 78.2 Å². The molecule has 8 heteroatoms. The van der Waals surface area contributed by atoms with E-state index in [0.717, 1.165) is 48.8 Å². The van der Waals surface area contributed by atoms with Crippen molar-refractivity contribution in [2.75, 3.05) is 46.6 Å². The van der Waals surface area contributed by atoms with E-state index in [0.29, 0.717) is 32.1 Å². The molecule has 1 aliphatic rings. The van der Waals surface area contributed by atoms with Gasteiger partial charge >= 0.3 is 0 Å². The summed E-state index contributed by atoms with van der Waals surface area (Å²) in [5, 5.41) is 11.2. The van der Waals surface area contributed by atoms with Gasteiger partial charge in [0.15, 0.2) is 11.5 Å². The number of imidazole rings is 1. The number of aliphatic hydroxyl groups is 1. The lowest BCUT2D eigenvalue weighted by Gasteiger charge is -2.30. The molecule has 200 valence electrons. The summed E-state index contributed by atoms with van der Waals surface area (Å²) in [6.45, 7) is 8.41. The maximum absolute atomic E-state index is 11.2. The van der Waals surface area contributed by atoms with Gasteiger partial charge in [0.05, 0.1) is 26.9 Å². The van der Waals surface area contributed by atoms with Crippen LogP contribution in [-0.4, -0.2) is 71.8 Å². The molecule has 1 saturated heterocycles. The van der Waals surface area contributed by atoms with Crippen LogP contribution in [-0.2, 0) is 24.2 Å². The van der Waals surface area contributed by atoms with Crippen LogP contribution in [0.2, 0.25) is 0 Å². The van der Waals surface area contributed by atoms with E-state index in [2.05, 4.69) is 27.4 Å². The highest BCUT2D eigenvalue weighted by Gasteiger charge is 2.33. The van der Waals surface area contributed by atoms with Gasteiger partial charge in [-0.15, -0.1) is 0 Å². The molecular formula is C29H39N3O5. The third-order valence-corrected chi connectivity index (χ3v) is 6.52. The second kappa shape index (κ2) is 12.9. The number of aromatic nitrogens is 2. The molecule has 0 unspecified atom stereocenters. The molecule has 1 fully saturated rings. The van der Waals surface area contributed by atoms with E-state index >= 15 is 0 Å². The average Bonchev–Trinajstić information content (AvgIpc) is 3.28. The fourth-order valence-electron chi connectivity index (χ4n) is 4.53. The molecule has 8 nitrogen and oxygen atoms in total. The molecule has 0 saturated carbocycles. The minimum Gasteiger partial charge on any atom is -0.493 e. The van der Waals surface area contributed by atoms with Crippen molar-refractivity contribution in [3.05, 3.63) is 71.8 Å². The number of hydrogen-bond acceptors (Lipinski definition) is 7. The molecule has 0 aliphatic carbocycles. The number of aryl methyl sites for hydroxylation is 3. The summed E-state index contributed by atoms with van der Waals surface area (Å²) in [6.07, 6.45) is 5.66. The van der Waals surface area contributed by atoms with Crippen LogP contribution in [0.25, 0.3) is 0 Å². The zero-order valence-electron chi connectivity index (χ0n) is 22.2. The fourth-order valence-corrected chi connectivity index (χ4v) is 4.53. The number of rotatable bonds is 12. The van der Waals surface area contributed by atoms with Crippen molar-refractivity contribution in [3.63, 3.8) is 0 Å². The SMILES string of the molecule is CCc1nccn1CCCOc1ccc(CN2CCOC[C@](O)(COc3ccc(C)cc3)C2)cc1OC. The summed E-state index contributed by atoms with van der Waals surface area (Å²) >= 11 is 0. The predicted octanol–water partition coefficient (Wildman–Crippen LogP) is 3.87. The molecule has 1 aliphatic heterocycles. The minimum atomic E-state index is -1.10. The van der Waals surface area contributed by atoms with Crippen LogP contribution in [0, 0.1) is 6.92 Å². The number of β-amino-alcohol motifs (C(OH)–C–C–N with tert-alkyl or cyclic N) is 1. The second-order valence-corrected chi connectivity index (χ2v) is 9.67. The summed E-state index contributed by atoms with van der Waals surface area (Å²) < 4.78 is 25.4. The molecular weight excluding hydrogens is 470 g/mol. The zero-order chi connectivity index (χ0) is 26.1. The van der Waals surface area contributed by atoms with Crippen LogP contribution < -0.4 is 14.2 Å². The Morgan fingerprint density at radius 1 is 1.11 bits per heavy atom. The second-order valence-electron chi connectivity index (χ2n) is 9.67. The van der Waals surface area contributed by atoms with Crippen LogP contribution in [0.4, 0.5) is 0 Å². The Kier molecular flexibility index (Phi) is 9.44. The van der Waals surface area contributed by atoms with Crippen LogP contribution in [0.3, 0.4) is 0 Å². The fraction of sp³-hybridized carbons (Fsp3) is 0.483. The number of ether oxygens (including phenoxy) is 4. The Labute approximate surface area is 219 Å². The van der Waals surface area contributed by atoms with Gasteiger partial charge in [-0.3, -0.25) is 4.90 Å². The summed E-state index contributed by atoms with van der Waals surface area (Å²) in [7, 11) is 1.66. The first-order chi connectivity index (χ1) is 18.0. The van der Waals surface area contributed by atoms with Gasteiger partial charge in [-0.25, -0.2) is 4.98 Å². The van der Waals surface area contributed by atoms with Gasteiger partial charge < -0.3 is 28.6 Å². The van der Waals surface area contributed by atoms with E-state index in [9.17, 15) is 5.11 Å². The van der Waals surface area contributed by atoms with Gasteiger partial charge in [-0.1, -0.05) is 30.7 Å². The number of nitrogens with zero attached hydrogens (tertiary/aromatic N) is 3. The molecule has 37 heavy (non-hydrogen) atoms. The number of benzene rings is 2. The lowest BCUT2D eigenvalue weighted by molar-refractivity contribution is -0.0646. The number of methoxy groups -OCH3 is 1. The van der Waals surface area contributed by atoms with Gasteiger partial charge in [0.25, 0.3) is 0 Å². The Bertz CT molecular complexity index is 1120. The van der Waals surface area contributed by atoms with Gasteiger partial charge in [-0.05, 0) is 43.2 Å². The molecule has 4 rings (SSSR count). The smallest absolute Gasteiger partial charge is 0.161 e. The summed E-state index contributed by atoms with van der Waals surface area (Å²) in [6, 6.07) is 13.9. The summed E-state index contributed by atoms with van der Waals surface area (Å²) in [5.41, 5.74) is 1.15. The van der Waals surface area contributed by atoms with Crippen LogP contribution in [0.15, 0.2) is 54.9 Å². The van der Waals surface area contributed by atoms with Gasteiger partial charge in [0, 0.05) is 45.0 Å². The van der Waals surface area contributed by atoms with Crippen LogP contribution >= 0.6 is 0 Å². The molecule has 0 bridgehead atoms. The standard InChI is InChI=1S/C29H39N3O5/c1-4-28-30-12-14-32(28)13-5-16-36-26-11-8-24(18-27(26)34-3)19-31-15-17-35-21-29(33,20-31)22-37-25-9-6-23(2)7-10-25/h6-12,14,18,33H,4-5,13,15-17,19-22H2,1-3H3/t29-/m0/s1. The molecule has 0 spiro atoms. The van der Waals surface area contributed by atoms with Crippen molar-refractivity contribution in [1.82, 2.24) is 14.5 Å². The van der Waals surface area contributed by atoms with Crippen molar-refractivity contribution in [2.24, 2.45) is 0 Å². The Morgan fingerprint density at radius 3 is 2.73 bits per heavy atom. The van der Waals surface area contributed by atoms with Crippen molar-refractivity contribution < 1.29 is 24.1 Å². The maximum atomic E-state index is 11.2. The zero-order valence-corrected chi connectivity index (χ0v) is 22.2. The van der Waals surface area contributed by atoms with Crippen LogP contribution in [0.1, 0.15) is 30.3 Å². The third kappa shape index (κ3) is 7.71. The van der Waals surface area contributed by atoms with Crippen molar-refractivity contribution in [2.45, 2.75) is 45.4 Å². The highest BCUT2D eigenvalue weighted by atomic mass is 16.5. The summed E-state index contributed by atoms with van der Waals surface area (Å²) in [4.78, 5) is 6.56. The lowest BCUT2D eigenvalue weighted by atomic mass is 10.1. The minimum absolute atomic E-state index is 0.168. The average molecular weight is 510 g/mol. The maximum Gasteiger partial charge on any atom is 0.161 e. The number of hydrogen-bond donors (Lipinski definition) is 1. The Morgan fingerprint density at radius 2 is 1.95 bits per heavy atom. The lowest BCUT2D eigenvalue weighted by Crippen LogP contribution is -2.48. The largest absolute Gasteiger partial charge is 0.493 e. The molecule has 3 aromatic rings. The first kappa shape index (κ1) is 27.0. The molecule has 1 atom stereocenters. The van der Waals surface area contributed by atoms with Gasteiger partial charge in [0.1, 0.15) is 23.8 Å². The van der Waals surface area contributed by atoms with E-state index < -0.39 is 5.60 Å². The van der Waals surface area contributed by atoms with E-state index in [1.165, 1.54) is 5.56 Å². The van der Waals surface area contributed by atoms with Crippen molar-refractivity contribution in [1.29, 1.82) is 0 Å². The normalized spacial score (nSPS) is 18.4. The molecule has 1 N–H and O–H groups in total. The third-order valence-electron chi connectivity index (χ3n) is 6.52. The van der Waals surface area contributed by atoms with Crippen LogP contribution in [0.5, 0.6) is 17.2 Å². The van der Waals surface area contributed by atoms with E-state index in [1.54, 1.807) is 7.11 Å². The molecule has 0 amide bonds. The van der Waals surface area contributed by atoms with Gasteiger partial charge in [-0.2, -0.15) is 0 Å². The van der Waals surface area contributed by atoms with Crippen molar-refractivity contribution >= 4 is 0 Å². The Hall–Kier alpha value is -3.07. The highest BCUT2D eigenvalue weighted by molar-refractivity contribution is 5.43.